The molecule has 0 amide bonds. The van der Waals surface area contributed by atoms with E-state index in [0.717, 1.165) is 39.2 Å². The van der Waals surface area contributed by atoms with Crippen LogP contribution in [0.25, 0.3) is 27.7 Å². The Kier molecular flexibility index (Phi) is 5.42. The fraction of sp³-hybridized carbons (Fsp3) is 0.348. The van der Waals surface area contributed by atoms with Gasteiger partial charge in [0.25, 0.3) is 0 Å². The van der Waals surface area contributed by atoms with Crippen molar-refractivity contribution in [3.63, 3.8) is 0 Å². The molecule has 4 rings (SSSR count). The molecule has 0 aliphatic carbocycles. The summed E-state index contributed by atoms with van der Waals surface area (Å²) >= 11 is 0. The molecule has 1 N–H and O–H groups in total. The summed E-state index contributed by atoms with van der Waals surface area (Å²) in [6.45, 7) is 5.24. The van der Waals surface area contributed by atoms with Crippen LogP contribution in [0.1, 0.15) is 37.4 Å². The molecule has 0 bridgehead atoms. The molecular weight excluding hydrogens is 398 g/mol. The standard InChI is InChI=1S/C23H27N3O3S/c1-15(2)17-5-6-22(29-3)19(13-17)18-7-10-24-23-20(18)14-21(25-23)16-8-11-26(12-9-16)30(4,27)28/h5-8,10,13-15H,9,11-12H2,1-4H3,(H,24,25). The smallest absolute Gasteiger partial charge is 0.211 e. The Labute approximate surface area is 177 Å². The van der Waals surface area contributed by atoms with Gasteiger partial charge in [-0.15, -0.1) is 0 Å². The maximum atomic E-state index is 11.8. The van der Waals surface area contributed by atoms with Crippen LogP contribution in [0.2, 0.25) is 0 Å². The first-order valence-electron chi connectivity index (χ1n) is 10.1. The maximum absolute atomic E-state index is 11.8. The predicted molar refractivity (Wildman–Crippen MR) is 121 cm³/mol. The fourth-order valence-electron chi connectivity index (χ4n) is 3.93. The molecule has 3 aromatic rings. The van der Waals surface area contributed by atoms with Crippen LogP contribution in [0, 0.1) is 0 Å². The zero-order valence-corrected chi connectivity index (χ0v) is 18.6. The second kappa shape index (κ2) is 7.89. The average Bonchev–Trinajstić information content (AvgIpc) is 3.17. The number of rotatable bonds is 5. The van der Waals surface area contributed by atoms with Crippen molar-refractivity contribution in [2.75, 3.05) is 26.5 Å². The summed E-state index contributed by atoms with van der Waals surface area (Å²) in [7, 11) is -1.48. The van der Waals surface area contributed by atoms with E-state index < -0.39 is 10.0 Å². The van der Waals surface area contributed by atoms with E-state index in [1.54, 1.807) is 13.3 Å². The van der Waals surface area contributed by atoms with Gasteiger partial charge in [0.05, 0.1) is 13.4 Å². The molecule has 1 aromatic carbocycles. The van der Waals surface area contributed by atoms with Crippen LogP contribution in [-0.2, 0) is 10.0 Å². The lowest BCUT2D eigenvalue weighted by molar-refractivity contribution is 0.416. The van der Waals surface area contributed by atoms with Gasteiger partial charge in [0.1, 0.15) is 11.4 Å². The Morgan fingerprint density at radius 1 is 1.17 bits per heavy atom. The third kappa shape index (κ3) is 3.87. The second-order valence-electron chi connectivity index (χ2n) is 8.02. The van der Waals surface area contributed by atoms with E-state index in [-0.39, 0.29) is 0 Å². The van der Waals surface area contributed by atoms with Gasteiger partial charge in [0.2, 0.25) is 10.0 Å². The first-order valence-corrected chi connectivity index (χ1v) is 11.9. The van der Waals surface area contributed by atoms with Gasteiger partial charge in [-0.1, -0.05) is 26.0 Å². The number of hydrogen-bond acceptors (Lipinski definition) is 4. The highest BCUT2D eigenvalue weighted by Gasteiger charge is 2.22. The number of aromatic nitrogens is 2. The molecule has 1 aliphatic rings. The maximum Gasteiger partial charge on any atom is 0.211 e. The monoisotopic (exact) mass is 425 g/mol. The molecule has 0 fully saturated rings. The molecule has 158 valence electrons. The van der Waals surface area contributed by atoms with Crippen molar-refractivity contribution >= 4 is 26.6 Å². The van der Waals surface area contributed by atoms with Gasteiger partial charge in [-0.05, 0) is 53.3 Å². The summed E-state index contributed by atoms with van der Waals surface area (Å²) in [5, 5.41) is 1.03. The molecule has 2 aromatic heterocycles. The number of nitrogens with one attached hydrogen (secondary N) is 1. The quantitative estimate of drug-likeness (QED) is 0.657. The summed E-state index contributed by atoms with van der Waals surface area (Å²) in [5.41, 5.74) is 6.27. The number of benzene rings is 1. The zero-order chi connectivity index (χ0) is 21.5. The van der Waals surface area contributed by atoms with Gasteiger partial charge in [-0.2, -0.15) is 4.31 Å². The number of pyridine rings is 1. The zero-order valence-electron chi connectivity index (χ0n) is 17.8. The van der Waals surface area contributed by atoms with Crippen molar-refractivity contribution < 1.29 is 13.2 Å². The van der Waals surface area contributed by atoms with Crippen molar-refractivity contribution in [2.24, 2.45) is 0 Å². The molecule has 0 atom stereocenters. The van der Waals surface area contributed by atoms with Gasteiger partial charge in [-0.25, -0.2) is 13.4 Å². The minimum Gasteiger partial charge on any atom is -0.496 e. The molecule has 0 unspecified atom stereocenters. The first kappa shape index (κ1) is 20.6. The number of aromatic amines is 1. The summed E-state index contributed by atoms with van der Waals surface area (Å²) < 4.78 is 30.7. The topological polar surface area (TPSA) is 75.3 Å². The van der Waals surface area contributed by atoms with Crippen LogP contribution in [0.4, 0.5) is 0 Å². The summed E-state index contributed by atoms with van der Waals surface area (Å²) in [5.74, 6) is 1.24. The van der Waals surface area contributed by atoms with Crippen molar-refractivity contribution in [2.45, 2.75) is 26.2 Å². The predicted octanol–water partition coefficient (Wildman–Crippen LogP) is 4.41. The molecule has 0 spiro atoms. The lowest BCUT2D eigenvalue weighted by atomic mass is 9.95. The third-order valence-electron chi connectivity index (χ3n) is 5.70. The van der Waals surface area contributed by atoms with Crippen molar-refractivity contribution in [3.8, 4) is 16.9 Å². The van der Waals surface area contributed by atoms with E-state index in [1.807, 2.05) is 18.2 Å². The fourth-order valence-corrected chi connectivity index (χ4v) is 4.69. The molecule has 7 heteroatoms. The number of ether oxygens (including phenoxy) is 1. The van der Waals surface area contributed by atoms with E-state index >= 15 is 0 Å². The third-order valence-corrected chi connectivity index (χ3v) is 6.97. The van der Waals surface area contributed by atoms with Gasteiger partial charge in [0, 0.05) is 35.9 Å². The molecule has 3 heterocycles. The molecule has 0 saturated heterocycles. The van der Waals surface area contributed by atoms with Crippen LogP contribution in [0.15, 0.2) is 42.6 Å². The first-order chi connectivity index (χ1) is 14.3. The van der Waals surface area contributed by atoms with Crippen LogP contribution in [0.5, 0.6) is 5.75 Å². The van der Waals surface area contributed by atoms with Crippen LogP contribution in [-0.4, -0.2) is 49.1 Å². The Morgan fingerprint density at radius 2 is 1.97 bits per heavy atom. The lowest BCUT2D eigenvalue weighted by Crippen LogP contribution is -2.33. The Hall–Kier alpha value is -2.64. The molecular formula is C23H27N3O3S. The normalized spacial score (nSPS) is 15.6. The highest BCUT2D eigenvalue weighted by Crippen LogP contribution is 2.37. The Morgan fingerprint density at radius 3 is 2.60 bits per heavy atom. The van der Waals surface area contributed by atoms with Gasteiger partial charge in [-0.3, -0.25) is 0 Å². The van der Waals surface area contributed by atoms with Gasteiger partial charge in [0.15, 0.2) is 0 Å². The Balaban J connectivity index is 1.78. The molecule has 30 heavy (non-hydrogen) atoms. The van der Waals surface area contributed by atoms with E-state index in [1.165, 1.54) is 16.1 Å². The van der Waals surface area contributed by atoms with Crippen LogP contribution >= 0.6 is 0 Å². The van der Waals surface area contributed by atoms with Crippen LogP contribution < -0.4 is 4.74 Å². The van der Waals surface area contributed by atoms with Crippen molar-refractivity contribution in [1.29, 1.82) is 0 Å². The van der Waals surface area contributed by atoms with Crippen LogP contribution in [0.3, 0.4) is 0 Å². The SMILES string of the molecule is COc1ccc(C(C)C)cc1-c1ccnc2[nH]c(C3=CCN(S(C)(=O)=O)CC3)cc12. The number of H-pyrrole nitrogens is 1. The molecule has 0 radical (unpaired) electrons. The van der Waals surface area contributed by atoms with E-state index in [4.69, 9.17) is 4.74 Å². The number of fused-ring (bicyclic) bond motifs is 1. The summed E-state index contributed by atoms with van der Waals surface area (Å²) in [4.78, 5) is 7.94. The average molecular weight is 426 g/mol. The van der Waals surface area contributed by atoms with Crippen molar-refractivity contribution in [3.05, 3.63) is 53.9 Å². The highest BCUT2D eigenvalue weighted by atomic mass is 32.2. The molecule has 6 nitrogen and oxygen atoms in total. The van der Waals surface area contributed by atoms with E-state index in [0.29, 0.717) is 25.4 Å². The summed E-state index contributed by atoms with van der Waals surface area (Å²) in [6, 6.07) is 10.4. The van der Waals surface area contributed by atoms with Gasteiger partial charge < -0.3 is 9.72 Å². The number of hydrogen-bond donors (Lipinski definition) is 1. The number of nitrogens with zero attached hydrogens (tertiary/aromatic N) is 2. The Bertz CT molecular complexity index is 1230. The van der Waals surface area contributed by atoms with E-state index in [9.17, 15) is 8.42 Å². The van der Waals surface area contributed by atoms with Gasteiger partial charge >= 0.3 is 0 Å². The minimum absolute atomic E-state index is 0.397. The second-order valence-corrected chi connectivity index (χ2v) is 10.0. The number of methoxy groups -OCH3 is 1. The largest absolute Gasteiger partial charge is 0.496 e. The highest BCUT2D eigenvalue weighted by molar-refractivity contribution is 7.88. The molecule has 0 saturated carbocycles. The summed E-state index contributed by atoms with van der Waals surface area (Å²) in [6.07, 6.45) is 5.71. The van der Waals surface area contributed by atoms with E-state index in [2.05, 4.69) is 42.0 Å². The van der Waals surface area contributed by atoms with Crippen molar-refractivity contribution in [1.82, 2.24) is 14.3 Å². The number of sulfonamides is 1. The lowest BCUT2D eigenvalue weighted by Gasteiger charge is -2.23. The minimum atomic E-state index is -3.17. The molecule has 1 aliphatic heterocycles.